The second-order valence-corrected chi connectivity index (χ2v) is 11.9. The Kier molecular flexibility index (Phi) is 9.91. The number of hydrogen-bond donors (Lipinski definition) is 3. The quantitative estimate of drug-likeness (QED) is 0.338. The number of amides is 1. The van der Waals surface area contributed by atoms with E-state index in [9.17, 15) is 20.0 Å². The maximum atomic E-state index is 15.8. The van der Waals surface area contributed by atoms with Gasteiger partial charge < -0.3 is 15.6 Å². The highest BCUT2D eigenvalue weighted by atomic mass is 35.5. The van der Waals surface area contributed by atoms with Crippen LogP contribution >= 0.6 is 23.2 Å². The van der Waals surface area contributed by atoms with Crippen LogP contribution in [0.4, 0.5) is 8.78 Å². The van der Waals surface area contributed by atoms with Gasteiger partial charge in [0.1, 0.15) is 29.7 Å². The van der Waals surface area contributed by atoms with E-state index in [2.05, 4.69) is 11.4 Å². The Bertz CT molecular complexity index is 1330. The van der Waals surface area contributed by atoms with Gasteiger partial charge in [0, 0.05) is 22.5 Å². The van der Waals surface area contributed by atoms with Gasteiger partial charge in [0.2, 0.25) is 5.91 Å². The number of aliphatic hydroxyl groups is 1. The number of nitrogens with one attached hydrogen (secondary N) is 1. The maximum Gasteiger partial charge on any atom is 0.323 e. The first-order valence-electron chi connectivity index (χ1n) is 13.7. The minimum atomic E-state index is -1.79. The summed E-state index contributed by atoms with van der Waals surface area (Å²) in [6, 6.07) is 8.41. The molecule has 4 rings (SSSR count). The molecule has 11 heteroatoms. The Morgan fingerprint density at radius 1 is 1.22 bits per heavy atom. The van der Waals surface area contributed by atoms with E-state index in [1.54, 1.807) is 0 Å². The van der Waals surface area contributed by atoms with E-state index in [0.29, 0.717) is 0 Å². The number of ether oxygens (including phenoxy) is 1. The molecule has 1 saturated heterocycles. The predicted molar refractivity (Wildman–Crippen MR) is 150 cm³/mol. The van der Waals surface area contributed by atoms with Crippen molar-refractivity contribution in [2.24, 2.45) is 17.6 Å². The van der Waals surface area contributed by atoms with Crippen molar-refractivity contribution in [1.29, 1.82) is 5.26 Å². The van der Waals surface area contributed by atoms with Gasteiger partial charge in [-0.15, -0.1) is 0 Å². The fourth-order valence-electron chi connectivity index (χ4n) is 6.68. The zero-order valence-corrected chi connectivity index (χ0v) is 24.1. The molecule has 0 spiro atoms. The molecule has 0 aromatic heterocycles. The highest BCUT2D eigenvalue weighted by Gasteiger charge is 2.63. The summed E-state index contributed by atoms with van der Waals surface area (Å²) in [5.41, 5.74) is 3.26. The van der Waals surface area contributed by atoms with Gasteiger partial charge in [-0.2, -0.15) is 5.26 Å². The van der Waals surface area contributed by atoms with Gasteiger partial charge >= 0.3 is 5.97 Å². The van der Waals surface area contributed by atoms with Gasteiger partial charge in [0.15, 0.2) is 0 Å². The highest BCUT2D eigenvalue weighted by Crippen LogP contribution is 2.54. The number of carbonyl (C=O) groups is 2. The summed E-state index contributed by atoms with van der Waals surface area (Å²) in [6.45, 7) is 1.41. The Balaban J connectivity index is 1.90. The minimum absolute atomic E-state index is 0.0296. The number of carbonyl (C=O) groups excluding carboxylic acids is 2. The van der Waals surface area contributed by atoms with Crippen LogP contribution in [0.1, 0.15) is 62.5 Å². The Morgan fingerprint density at radius 3 is 2.56 bits per heavy atom. The normalized spacial score (nSPS) is 26.2. The monoisotopic (exact) mass is 607 g/mol. The smallest absolute Gasteiger partial charge is 0.323 e. The molecular formula is C30H33Cl2F2N3O4. The Hall–Kier alpha value is -2.77. The summed E-state index contributed by atoms with van der Waals surface area (Å²) in [4.78, 5) is 24.8. The van der Waals surface area contributed by atoms with Gasteiger partial charge in [-0.25, -0.2) is 8.78 Å². The summed E-state index contributed by atoms with van der Waals surface area (Å²) in [5, 5.41) is 24.2. The molecular weight excluding hydrogens is 575 g/mol. The summed E-state index contributed by atoms with van der Waals surface area (Å²) >= 11 is 12.2. The Morgan fingerprint density at radius 2 is 1.93 bits per heavy atom. The van der Waals surface area contributed by atoms with Crippen molar-refractivity contribution in [3.8, 4) is 6.07 Å². The molecule has 0 bridgehead atoms. The van der Waals surface area contributed by atoms with Gasteiger partial charge in [-0.3, -0.25) is 14.9 Å². The van der Waals surface area contributed by atoms with Crippen LogP contribution in [0, 0.1) is 34.8 Å². The first-order valence-corrected chi connectivity index (χ1v) is 14.5. The van der Waals surface area contributed by atoms with Crippen molar-refractivity contribution in [1.82, 2.24) is 5.32 Å². The third-order valence-electron chi connectivity index (χ3n) is 8.58. The van der Waals surface area contributed by atoms with Crippen LogP contribution in [0.15, 0.2) is 36.4 Å². The molecule has 2 aliphatic rings. The molecule has 220 valence electrons. The van der Waals surface area contributed by atoms with Crippen molar-refractivity contribution in [2.45, 2.75) is 75.0 Å². The molecule has 0 radical (unpaired) electrons. The second-order valence-electron chi connectivity index (χ2n) is 11.1. The SMILES string of the molecule is CC(C1CCCCC1)[C@H]1N[C@H](C(=O)OC[C@@H](O)CC(N)=O)[C@@H](c2cccc(Cl)c2F)[C@]1(C#N)c1ccc(Cl)cc1F. The zero-order valence-electron chi connectivity index (χ0n) is 22.6. The average Bonchev–Trinajstić information content (AvgIpc) is 3.28. The molecule has 1 unspecified atom stereocenters. The van der Waals surface area contributed by atoms with Gasteiger partial charge in [-0.05, 0) is 35.6 Å². The van der Waals surface area contributed by atoms with E-state index < -0.39 is 66.1 Å². The van der Waals surface area contributed by atoms with E-state index in [1.165, 1.54) is 30.3 Å². The number of benzene rings is 2. The molecule has 2 aromatic rings. The van der Waals surface area contributed by atoms with Crippen LogP contribution < -0.4 is 11.1 Å². The number of nitriles is 1. The molecule has 4 N–H and O–H groups in total. The second kappa shape index (κ2) is 13.0. The van der Waals surface area contributed by atoms with E-state index in [0.717, 1.165) is 38.2 Å². The Labute approximate surface area is 247 Å². The molecule has 1 aliphatic carbocycles. The third-order valence-corrected chi connectivity index (χ3v) is 9.11. The van der Waals surface area contributed by atoms with E-state index in [4.69, 9.17) is 33.7 Å². The molecule has 2 fully saturated rings. The van der Waals surface area contributed by atoms with Gasteiger partial charge in [0.05, 0.1) is 23.6 Å². The maximum absolute atomic E-state index is 15.8. The van der Waals surface area contributed by atoms with Crippen LogP contribution in [0.2, 0.25) is 10.0 Å². The van der Waals surface area contributed by atoms with Gasteiger partial charge in [-0.1, -0.05) is 80.4 Å². The van der Waals surface area contributed by atoms with Crippen LogP contribution in [0.5, 0.6) is 0 Å². The molecule has 2 aromatic carbocycles. The van der Waals surface area contributed by atoms with Crippen molar-refractivity contribution < 1.29 is 28.2 Å². The van der Waals surface area contributed by atoms with Crippen molar-refractivity contribution in [2.75, 3.05) is 6.61 Å². The van der Waals surface area contributed by atoms with Crippen LogP contribution in [0.25, 0.3) is 0 Å². The number of nitrogens with zero attached hydrogens (tertiary/aromatic N) is 1. The molecule has 41 heavy (non-hydrogen) atoms. The number of halogens is 4. The predicted octanol–water partition coefficient (Wildman–Crippen LogP) is 5.15. The fourth-order valence-corrected chi connectivity index (χ4v) is 7.02. The molecule has 1 saturated carbocycles. The average molecular weight is 609 g/mol. The van der Waals surface area contributed by atoms with Crippen LogP contribution in [0.3, 0.4) is 0 Å². The molecule has 1 heterocycles. The number of primary amides is 1. The molecule has 1 amide bonds. The van der Waals surface area contributed by atoms with E-state index in [1.807, 2.05) is 6.92 Å². The largest absolute Gasteiger partial charge is 0.462 e. The van der Waals surface area contributed by atoms with Crippen molar-refractivity contribution >= 4 is 35.1 Å². The zero-order chi connectivity index (χ0) is 29.9. The molecule has 1 aliphatic heterocycles. The number of hydrogen-bond acceptors (Lipinski definition) is 6. The number of nitrogens with two attached hydrogens (primary N) is 1. The van der Waals surface area contributed by atoms with E-state index >= 15 is 8.78 Å². The van der Waals surface area contributed by atoms with Gasteiger partial charge in [0.25, 0.3) is 0 Å². The molecule has 6 atom stereocenters. The lowest BCUT2D eigenvalue weighted by Gasteiger charge is -2.40. The fraction of sp³-hybridized carbons (Fsp3) is 0.500. The van der Waals surface area contributed by atoms with Crippen molar-refractivity contribution in [3.63, 3.8) is 0 Å². The summed E-state index contributed by atoms with van der Waals surface area (Å²) in [7, 11) is 0. The topological polar surface area (TPSA) is 125 Å². The lowest BCUT2D eigenvalue weighted by molar-refractivity contribution is -0.150. The lowest BCUT2D eigenvalue weighted by atomic mass is 9.60. The highest BCUT2D eigenvalue weighted by molar-refractivity contribution is 6.31. The number of rotatable bonds is 9. The number of aliphatic hydroxyl groups excluding tert-OH is 1. The minimum Gasteiger partial charge on any atom is -0.462 e. The third kappa shape index (κ3) is 6.21. The lowest BCUT2D eigenvalue weighted by Crippen LogP contribution is -2.49. The van der Waals surface area contributed by atoms with Crippen LogP contribution in [-0.4, -0.2) is 41.8 Å². The van der Waals surface area contributed by atoms with Crippen LogP contribution in [-0.2, 0) is 19.7 Å². The first-order chi connectivity index (χ1) is 19.5. The summed E-state index contributed by atoms with van der Waals surface area (Å²) < 4.78 is 36.9. The molecule has 7 nitrogen and oxygen atoms in total. The summed E-state index contributed by atoms with van der Waals surface area (Å²) in [6.07, 6.45) is 3.11. The summed E-state index contributed by atoms with van der Waals surface area (Å²) in [5.74, 6) is -4.62. The number of esters is 1. The van der Waals surface area contributed by atoms with Crippen molar-refractivity contribution in [3.05, 3.63) is 69.2 Å². The standard InChI is InChI=1S/C30H33Cl2F2N3O4/c1-16(17-6-3-2-4-7-17)28-30(15-35,21-11-10-18(31)12-23(21)33)25(20-8-5-9-22(32)26(20)34)27(37-28)29(40)41-14-19(38)13-24(36)39/h5,8-12,16-17,19,25,27-28,37-38H,2-4,6-7,13-14H2,1H3,(H2,36,39)/t16?,19-,25+,27-,28+,30-/m0/s1. The van der Waals surface area contributed by atoms with E-state index in [-0.39, 0.29) is 33.0 Å². The first kappa shape index (κ1) is 31.2.